The van der Waals surface area contributed by atoms with Gasteiger partial charge in [-0.25, -0.2) is 12.8 Å². The van der Waals surface area contributed by atoms with Crippen LogP contribution in [-0.4, -0.2) is 63.1 Å². The van der Waals surface area contributed by atoms with Crippen LogP contribution in [0, 0.1) is 11.7 Å². The number of rotatable bonds is 2. The molecule has 2 unspecified atom stereocenters. The minimum absolute atomic E-state index is 0.0379. The zero-order valence-electron chi connectivity index (χ0n) is 14.5. The lowest BCUT2D eigenvalue weighted by Gasteiger charge is -2.32. The van der Waals surface area contributed by atoms with Crippen LogP contribution in [0.2, 0.25) is 0 Å². The number of carbonyl (C=O) groups excluding carboxylic acids is 1. The molecule has 2 fully saturated rings. The lowest BCUT2D eigenvalue weighted by Crippen LogP contribution is -2.44. The molecule has 1 amide bonds. The van der Waals surface area contributed by atoms with Crippen molar-refractivity contribution < 1.29 is 17.6 Å². The molecule has 25 heavy (non-hydrogen) atoms. The minimum Gasteiger partial charge on any atom is -0.341 e. The molecule has 0 N–H and O–H groups in total. The third kappa shape index (κ3) is 4.03. The maximum absolute atomic E-state index is 14.1. The van der Waals surface area contributed by atoms with E-state index >= 15 is 0 Å². The number of piperidine rings is 1. The van der Waals surface area contributed by atoms with Crippen molar-refractivity contribution in [2.24, 2.45) is 5.92 Å². The van der Waals surface area contributed by atoms with Crippen LogP contribution in [-0.2, 0) is 14.6 Å². The molecule has 2 heterocycles. The van der Waals surface area contributed by atoms with E-state index in [1.165, 1.54) is 12.1 Å². The summed E-state index contributed by atoms with van der Waals surface area (Å²) in [6, 6.07) is 6.03. The maximum atomic E-state index is 14.1. The van der Waals surface area contributed by atoms with Crippen molar-refractivity contribution >= 4 is 15.7 Å². The monoisotopic (exact) mass is 368 g/mol. The van der Waals surface area contributed by atoms with Gasteiger partial charge in [0, 0.05) is 25.2 Å². The maximum Gasteiger partial charge on any atom is 0.227 e. The topological polar surface area (TPSA) is 57.7 Å². The lowest BCUT2D eigenvalue weighted by atomic mass is 9.96. The van der Waals surface area contributed by atoms with Crippen LogP contribution >= 0.6 is 0 Å². The summed E-state index contributed by atoms with van der Waals surface area (Å²) in [5.41, 5.74) is 0.217. The molecular weight excluding hydrogens is 343 g/mol. The first-order valence-corrected chi connectivity index (χ1v) is 10.5. The molecule has 5 nitrogen and oxygen atoms in total. The van der Waals surface area contributed by atoms with Crippen molar-refractivity contribution in [2.45, 2.75) is 24.5 Å². The van der Waals surface area contributed by atoms with E-state index in [1.54, 1.807) is 17.0 Å². The van der Waals surface area contributed by atoms with E-state index in [2.05, 4.69) is 4.90 Å². The third-order valence-corrected chi connectivity index (χ3v) is 7.39. The standard InChI is InChI=1S/C18H25FN2O3S/c1-20-9-4-5-14(13-20)18(22)21-10-8-17(25(23,24)12-11-21)15-6-2-3-7-16(15)19/h2-3,6-7,14,17H,4-5,8-13H2,1H3. The molecule has 1 aromatic rings. The summed E-state index contributed by atoms with van der Waals surface area (Å²) in [5, 5.41) is -0.875. The molecule has 2 aliphatic heterocycles. The molecule has 0 bridgehead atoms. The van der Waals surface area contributed by atoms with Gasteiger partial charge in [0.2, 0.25) is 5.91 Å². The molecular formula is C18H25FN2O3S. The SMILES string of the molecule is CN1CCCC(C(=O)N2CCC(c3ccccc3F)S(=O)(=O)CC2)C1. The quantitative estimate of drug-likeness (QED) is 0.800. The second kappa shape index (κ2) is 7.41. The molecule has 0 saturated carbocycles. The fourth-order valence-corrected chi connectivity index (χ4v) is 5.68. The summed E-state index contributed by atoms with van der Waals surface area (Å²) >= 11 is 0. The van der Waals surface area contributed by atoms with Gasteiger partial charge in [0.1, 0.15) is 5.82 Å². The Balaban J connectivity index is 1.76. The fourth-order valence-electron chi connectivity index (χ4n) is 3.88. The average molecular weight is 368 g/mol. The summed E-state index contributed by atoms with van der Waals surface area (Å²) in [7, 11) is -1.49. The normalized spacial score (nSPS) is 27.7. The van der Waals surface area contributed by atoms with E-state index in [1.807, 2.05) is 7.05 Å². The second-order valence-electron chi connectivity index (χ2n) is 7.09. The Morgan fingerprint density at radius 3 is 2.64 bits per heavy atom. The highest BCUT2D eigenvalue weighted by Gasteiger charge is 2.36. The molecule has 0 aliphatic carbocycles. The summed E-state index contributed by atoms with van der Waals surface area (Å²) in [6.45, 7) is 2.27. The Morgan fingerprint density at radius 2 is 1.92 bits per heavy atom. The number of hydrogen-bond acceptors (Lipinski definition) is 4. The molecule has 1 aromatic carbocycles. The second-order valence-corrected chi connectivity index (χ2v) is 9.40. The predicted molar refractivity (Wildman–Crippen MR) is 94.3 cm³/mol. The zero-order chi connectivity index (χ0) is 18.0. The highest BCUT2D eigenvalue weighted by Crippen LogP contribution is 2.31. The summed E-state index contributed by atoms with van der Waals surface area (Å²) in [6.07, 6.45) is 2.08. The summed E-state index contributed by atoms with van der Waals surface area (Å²) in [4.78, 5) is 16.6. The first-order valence-electron chi connectivity index (χ1n) is 8.82. The number of halogens is 1. The van der Waals surface area contributed by atoms with Gasteiger partial charge in [-0.3, -0.25) is 4.79 Å². The lowest BCUT2D eigenvalue weighted by molar-refractivity contribution is -0.136. The van der Waals surface area contributed by atoms with E-state index in [9.17, 15) is 17.6 Å². The largest absolute Gasteiger partial charge is 0.341 e. The van der Waals surface area contributed by atoms with Crippen LogP contribution in [0.25, 0.3) is 0 Å². The molecule has 3 rings (SSSR count). The Bertz CT molecular complexity index is 738. The molecule has 0 aromatic heterocycles. The Kier molecular flexibility index (Phi) is 5.43. The first-order chi connectivity index (χ1) is 11.9. The number of sulfone groups is 1. The van der Waals surface area contributed by atoms with Crippen molar-refractivity contribution in [3.63, 3.8) is 0 Å². The van der Waals surface area contributed by atoms with Gasteiger partial charge in [-0.15, -0.1) is 0 Å². The van der Waals surface area contributed by atoms with Crippen molar-refractivity contribution in [3.8, 4) is 0 Å². The van der Waals surface area contributed by atoms with Crippen molar-refractivity contribution in [2.75, 3.05) is 39.0 Å². The van der Waals surface area contributed by atoms with Crippen LogP contribution in [0.5, 0.6) is 0 Å². The number of benzene rings is 1. The van der Waals surface area contributed by atoms with Gasteiger partial charge in [-0.2, -0.15) is 0 Å². The van der Waals surface area contributed by atoms with Crippen molar-refractivity contribution in [1.29, 1.82) is 0 Å². The van der Waals surface area contributed by atoms with Gasteiger partial charge in [-0.1, -0.05) is 18.2 Å². The van der Waals surface area contributed by atoms with Crippen LogP contribution in [0.3, 0.4) is 0 Å². The molecule has 138 valence electrons. The van der Waals surface area contributed by atoms with Crippen LogP contribution < -0.4 is 0 Å². The van der Waals surface area contributed by atoms with E-state index in [0.29, 0.717) is 6.54 Å². The molecule has 7 heteroatoms. The van der Waals surface area contributed by atoms with Crippen molar-refractivity contribution in [1.82, 2.24) is 9.80 Å². The Morgan fingerprint density at radius 1 is 1.16 bits per heavy atom. The summed E-state index contributed by atoms with van der Waals surface area (Å²) < 4.78 is 39.4. The smallest absolute Gasteiger partial charge is 0.227 e. The van der Waals surface area contributed by atoms with Crippen LogP contribution in [0.15, 0.2) is 24.3 Å². The molecule has 2 atom stereocenters. The molecule has 2 saturated heterocycles. The van der Waals surface area contributed by atoms with E-state index in [0.717, 1.165) is 25.9 Å². The first kappa shape index (κ1) is 18.3. The van der Waals surface area contributed by atoms with Gasteiger partial charge in [0.05, 0.1) is 16.9 Å². The number of amides is 1. The average Bonchev–Trinajstić information content (AvgIpc) is 2.73. The van der Waals surface area contributed by atoms with E-state index in [4.69, 9.17) is 0 Å². The Labute approximate surface area is 148 Å². The highest BCUT2D eigenvalue weighted by molar-refractivity contribution is 7.91. The predicted octanol–water partition coefficient (Wildman–Crippen LogP) is 1.86. The van der Waals surface area contributed by atoms with Gasteiger partial charge in [0.15, 0.2) is 9.84 Å². The number of hydrogen-bond donors (Lipinski definition) is 0. The van der Waals surface area contributed by atoms with Crippen LogP contribution in [0.4, 0.5) is 4.39 Å². The zero-order valence-corrected chi connectivity index (χ0v) is 15.3. The van der Waals surface area contributed by atoms with Crippen molar-refractivity contribution in [3.05, 3.63) is 35.6 Å². The minimum atomic E-state index is -3.49. The van der Waals surface area contributed by atoms with Gasteiger partial charge in [0.25, 0.3) is 0 Å². The Hall–Kier alpha value is -1.47. The molecule has 0 radical (unpaired) electrons. The van der Waals surface area contributed by atoms with Gasteiger partial charge >= 0.3 is 0 Å². The van der Waals surface area contributed by atoms with E-state index in [-0.39, 0.29) is 36.1 Å². The molecule has 0 spiro atoms. The summed E-state index contributed by atoms with van der Waals surface area (Å²) in [5.74, 6) is -0.632. The van der Waals surface area contributed by atoms with E-state index < -0.39 is 20.9 Å². The molecule has 2 aliphatic rings. The number of carbonyl (C=O) groups is 1. The number of nitrogens with zero attached hydrogens (tertiary/aromatic N) is 2. The van der Waals surface area contributed by atoms with Crippen LogP contribution in [0.1, 0.15) is 30.1 Å². The number of likely N-dealkylation sites (tertiary alicyclic amines) is 1. The fraction of sp³-hybridized carbons (Fsp3) is 0.611. The van der Waals surface area contributed by atoms with Gasteiger partial charge < -0.3 is 9.80 Å². The third-order valence-electron chi connectivity index (χ3n) is 5.28. The highest BCUT2D eigenvalue weighted by atomic mass is 32.2. The van der Waals surface area contributed by atoms with Gasteiger partial charge in [-0.05, 0) is 38.9 Å².